The summed E-state index contributed by atoms with van der Waals surface area (Å²) in [6, 6.07) is 6.84. The number of nitrogens with one attached hydrogen (secondary N) is 1. The van der Waals surface area contributed by atoms with Crippen molar-refractivity contribution < 1.29 is 4.79 Å². The van der Waals surface area contributed by atoms with E-state index in [1.165, 1.54) is 11.1 Å². The molecule has 1 aromatic rings. The number of amides is 1. The summed E-state index contributed by atoms with van der Waals surface area (Å²) < 4.78 is 1.15. The van der Waals surface area contributed by atoms with Crippen LogP contribution < -0.4 is 5.32 Å². The van der Waals surface area contributed by atoms with Gasteiger partial charge in [-0.25, -0.2) is 0 Å². The molecule has 0 saturated carbocycles. The third kappa shape index (κ3) is 1.81. The van der Waals surface area contributed by atoms with E-state index in [9.17, 15) is 4.79 Å². The van der Waals surface area contributed by atoms with E-state index in [1.54, 1.807) is 0 Å². The first-order chi connectivity index (χ1) is 8.09. The Kier molecular flexibility index (Phi) is 2.54. The van der Waals surface area contributed by atoms with E-state index >= 15 is 0 Å². The molecule has 1 aliphatic carbocycles. The van der Waals surface area contributed by atoms with Gasteiger partial charge in [-0.1, -0.05) is 22.0 Å². The fourth-order valence-corrected chi connectivity index (χ4v) is 3.70. The van der Waals surface area contributed by atoms with Crippen LogP contribution in [0.2, 0.25) is 0 Å². The fourth-order valence-electron chi connectivity index (χ4n) is 3.29. The first kappa shape index (κ1) is 11.3. The van der Waals surface area contributed by atoms with Crippen molar-refractivity contribution in [1.29, 1.82) is 0 Å². The van der Waals surface area contributed by atoms with Crippen LogP contribution in [0.1, 0.15) is 30.9 Å². The van der Waals surface area contributed by atoms with Gasteiger partial charge in [-0.05, 0) is 49.4 Å². The number of hydrogen-bond acceptors (Lipinski definition) is 1. The van der Waals surface area contributed by atoms with Crippen LogP contribution >= 0.6 is 15.9 Å². The van der Waals surface area contributed by atoms with Crippen molar-refractivity contribution in [3.05, 3.63) is 33.8 Å². The number of carbonyl (C=O) groups is 1. The van der Waals surface area contributed by atoms with Crippen LogP contribution in [0, 0.1) is 5.41 Å². The zero-order valence-electron chi connectivity index (χ0n) is 9.92. The molecule has 3 rings (SSSR count). The summed E-state index contributed by atoms with van der Waals surface area (Å²) >= 11 is 3.52. The van der Waals surface area contributed by atoms with Crippen molar-refractivity contribution in [2.75, 3.05) is 0 Å². The number of hydrogen-bond donors (Lipinski definition) is 1. The second kappa shape index (κ2) is 3.84. The highest BCUT2D eigenvalue weighted by Gasteiger charge is 2.45. The summed E-state index contributed by atoms with van der Waals surface area (Å²) in [6.45, 7) is 2.15. The highest BCUT2D eigenvalue weighted by atomic mass is 79.9. The van der Waals surface area contributed by atoms with Crippen molar-refractivity contribution in [3.63, 3.8) is 0 Å². The predicted octanol–water partition coefficient (Wildman–Crippen LogP) is 2.83. The Morgan fingerprint density at radius 3 is 2.88 bits per heavy atom. The van der Waals surface area contributed by atoms with Crippen molar-refractivity contribution in [2.24, 2.45) is 5.41 Å². The molecule has 1 N–H and O–H groups in total. The van der Waals surface area contributed by atoms with Crippen molar-refractivity contribution in [3.8, 4) is 0 Å². The maximum Gasteiger partial charge on any atom is 0.220 e. The Balaban J connectivity index is 1.95. The lowest BCUT2D eigenvalue weighted by Gasteiger charge is -2.37. The number of benzene rings is 1. The lowest BCUT2D eigenvalue weighted by molar-refractivity contribution is -0.119. The lowest BCUT2D eigenvalue weighted by Crippen LogP contribution is -2.38. The topological polar surface area (TPSA) is 29.1 Å². The molecule has 1 spiro atoms. The van der Waals surface area contributed by atoms with Gasteiger partial charge >= 0.3 is 0 Å². The van der Waals surface area contributed by atoms with Crippen LogP contribution in [0.3, 0.4) is 0 Å². The Hall–Kier alpha value is -0.830. The van der Waals surface area contributed by atoms with Gasteiger partial charge in [-0.15, -0.1) is 0 Å². The first-order valence-corrected chi connectivity index (χ1v) is 6.95. The van der Waals surface area contributed by atoms with Crippen LogP contribution in [0.4, 0.5) is 0 Å². The highest BCUT2D eigenvalue weighted by Crippen LogP contribution is 2.44. The Labute approximate surface area is 110 Å². The molecule has 2 unspecified atom stereocenters. The minimum atomic E-state index is 0.165. The molecular formula is C14H16BrNO. The third-order valence-corrected chi connectivity index (χ3v) is 4.90. The van der Waals surface area contributed by atoms with E-state index < -0.39 is 0 Å². The molecule has 2 atom stereocenters. The Morgan fingerprint density at radius 2 is 2.18 bits per heavy atom. The van der Waals surface area contributed by atoms with Crippen LogP contribution in [-0.4, -0.2) is 11.9 Å². The fraction of sp³-hybridized carbons (Fsp3) is 0.500. The summed E-state index contributed by atoms with van der Waals surface area (Å²) in [7, 11) is 0. The molecule has 1 aliphatic heterocycles. The molecule has 2 aliphatic rings. The highest BCUT2D eigenvalue weighted by molar-refractivity contribution is 9.10. The van der Waals surface area contributed by atoms with Crippen LogP contribution in [0.5, 0.6) is 0 Å². The number of aryl methyl sites for hydroxylation is 1. The van der Waals surface area contributed by atoms with Gasteiger partial charge in [0.05, 0.1) is 0 Å². The zero-order valence-corrected chi connectivity index (χ0v) is 11.5. The van der Waals surface area contributed by atoms with E-state index in [0.29, 0.717) is 12.5 Å². The molecule has 0 radical (unpaired) electrons. The monoisotopic (exact) mass is 293 g/mol. The molecule has 0 aromatic heterocycles. The van der Waals surface area contributed by atoms with E-state index in [4.69, 9.17) is 0 Å². The maximum atomic E-state index is 11.6. The standard InChI is InChI=1S/C14H16BrNO/c1-9-14(8-13(17)16-9)5-4-10-6-12(15)3-2-11(10)7-14/h2-3,6,9H,4-5,7-8H2,1H3,(H,16,17). The summed E-state index contributed by atoms with van der Waals surface area (Å²) in [6.07, 6.45) is 3.95. The van der Waals surface area contributed by atoms with Crippen LogP contribution in [0.15, 0.2) is 22.7 Å². The molecule has 1 amide bonds. The van der Waals surface area contributed by atoms with Crippen LogP contribution in [0.25, 0.3) is 0 Å². The van der Waals surface area contributed by atoms with Crippen molar-refractivity contribution in [1.82, 2.24) is 5.32 Å². The molecule has 2 nitrogen and oxygen atoms in total. The predicted molar refractivity (Wildman–Crippen MR) is 70.8 cm³/mol. The minimum absolute atomic E-state index is 0.165. The number of rotatable bonds is 0. The van der Waals surface area contributed by atoms with Gasteiger partial charge in [0.2, 0.25) is 5.91 Å². The second-order valence-electron chi connectivity index (χ2n) is 5.42. The van der Waals surface area contributed by atoms with Gasteiger partial charge in [-0.2, -0.15) is 0 Å². The smallest absolute Gasteiger partial charge is 0.220 e. The van der Waals surface area contributed by atoms with Crippen LogP contribution in [-0.2, 0) is 17.6 Å². The van der Waals surface area contributed by atoms with Gasteiger partial charge in [0.15, 0.2) is 0 Å². The van der Waals surface area contributed by atoms with E-state index in [2.05, 4.69) is 46.4 Å². The van der Waals surface area contributed by atoms with E-state index in [1.807, 2.05) is 0 Å². The lowest BCUT2D eigenvalue weighted by atomic mass is 9.67. The number of halogens is 1. The van der Waals surface area contributed by atoms with E-state index in [-0.39, 0.29) is 11.3 Å². The Morgan fingerprint density at radius 1 is 1.35 bits per heavy atom. The minimum Gasteiger partial charge on any atom is -0.353 e. The normalized spacial score (nSPS) is 31.4. The summed E-state index contributed by atoms with van der Waals surface area (Å²) in [5.74, 6) is 0.220. The van der Waals surface area contributed by atoms with Gasteiger partial charge < -0.3 is 5.32 Å². The molecular weight excluding hydrogens is 278 g/mol. The number of fused-ring (bicyclic) bond motifs is 1. The van der Waals surface area contributed by atoms with Crippen molar-refractivity contribution in [2.45, 2.75) is 38.6 Å². The average Bonchev–Trinajstić information content (AvgIpc) is 2.54. The van der Waals surface area contributed by atoms with Gasteiger partial charge in [0, 0.05) is 22.4 Å². The Bertz CT molecular complexity index is 485. The summed E-state index contributed by atoms with van der Waals surface area (Å²) in [5.41, 5.74) is 3.03. The molecule has 90 valence electrons. The molecule has 0 bridgehead atoms. The quantitative estimate of drug-likeness (QED) is 0.783. The first-order valence-electron chi connectivity index (χ1n) is 6.16. The molecule has 1 aromatic carbocycles. The largest absolute Gasteiger partial charge is 0.353 e. The second-order valence-corrected chi connectivity index (χ2v) is 6.33. The SMILES string of the molecule is CC1NC(=O)CC12CCc1cc(Br)ccc1C2. The summed E-state index contributed by atoms with van der Waals surface area (Å²) in [4.78, 5) is 11.6. The third-order valence-electron chi connectivity index (χ3n) is 4.41. The molecule has 1 saturated heterocycles. The summed E-state index contributed by atoms with van der Waals surface area (Å²) in [5, 5.41) is 3.07. The van der Waals surface area contributed by atoms with Crippen molar-refractivity contribution >= 4 is 21.8 Å². The molecule has 1 fully saturated rings. The van der Waals surface area contributed by atoms with Gasteiger partial charge in [0.25, 0.3) is 0 Å². The van der Waals surface area contributed by atoms with Gasteiger partial charge in [0.1, 0.15) is 0 Å². The van der Waals surface area contributed by atoms with E-state index in [0.717, 1.165) is 23.7 Å². The molecule has 17 heavy (non-hydrogen) atoms. The molecule has 1 heterocycles. The number of carbonyl (C=O) groups excluding carboxylic acids is 1. The average molecular weight is 294 g/mol. The molecule has 3 heteroatoms. The van der Waals surface area contributed by atoms with Gasteiger partial charge in [-0.3, -0.25) is 4.79 Å². The zero-order chi connectivity index (χ0) is 12.0. The maximum absolute atomic E-state index is 11.6.